The zero-order chi connectivity index (χ0) is 19.7. The average Bonchev–Trinajstić information content (AvgIpc) is 2.69. The Morgan fingerprint density at radius 1 is 0.964 bits per heavy atom. The normalized spacial score (nSPS) is 11.4. The molecule has 0 aliphatic rings. The number of benzene rings is 3. The monoisotopic (exact) mass is 482 g/mol. The minimum absolute atomic E-state index is 0.119. The molecule has 1 heterocycles. The van der Waals surface area contributed by atoms with Gasteiger partial charge in [0.05, 0.1) is 16.6 Å². The zero-order valence-corrected chi connectivity index (χ0v) is 17.2. The van der Waals surface area contributed by atoms with E-state index in [0.29, 0.717) is 16.7 Å². The topological polar surface area (TPSA) is 34.9 Å². The Balaban J connectivity index is 1.93. The fourth-order valence-electron chi connectivity index (χ4n) is 2.97. The summed E-state index contributed by atoms with van der Waals surface area (Å²) in [4.78, 5) is 18.0. The Morgan fingerprint density at radius 2 is 1.68 bits per heavy atom. The van der Waals surface area contributed by atoms with Gasteiger partial charge < -0.3 is 0 Å². The molecule has 0 amide bonds. The summed E-state index contributed by atoms with van der Waals surface area (Å²) in [6, 6.07) is 19.6. The average molecular weight is 482 g/mol. The van der Waals surface area contributed by atoms with Gasteiger partial charge in [0.1, 0.15) is 11.6 Å². The number of fused-ring (bicyclic) bond motifs is 1. The van der Waals surface area contributed by atoms with E-state index >= 15 is 0 Å². The molecular formula is C23H16FIN2O. The molecule has 0 N–H and O–H groups in total. The second-order valence-electron chi connectivity index (χ2n) is 6.49. The first kappa shape index (κ1) is 18.6. The van der Waals surface area contributed by atoms with Gasteiger partial charge in [-0.3, -0.25) is 9.36 Å². The van der Waals surface area contributed by atoms with Crippen molar-refractivity contribution < 1.29 is 4.39 Å². The highest BCUT2D eigenvalue weighted by Crippen LogP contribution is 2.18. The van der Waals surface area contributed by atoms with E-state index in [1.54, 1.807) is 22.8 Å². The van der Waals surface area contributed by atoms with Crippen molar-refractivity contribution in [2.45, 2.75) is 6.92 Å². The van der Waals surface area contributed by atoms with Gasteiger partial charge >= 0.3 is 0 Å². The Kier molecular flexibility index (Phi) is 5.09. The molecule has 0 unspecified atom stereocenters. The maximum Gasteiger partial charge on any atom is 0.266 e. The van der Waals surface area contributed by atoms with E-state index in [-0.39, 0.29) is 11.4 Å². The number of hydrogen-bond acceptors (Lipinski definition) is 2. The minimum Gasteiger partial charge on any atom is -0.268 e. The highest BCUT2D eigenvalue weighted by Gasteiger charge is 2.11. The molecule has 3 aromatic carbocycles. The number of halogens is 2. The van der Waals surface area contributed by atoms with E-state index < -0.39 is 0 Å². The Labute approximate surface area is 175 Å². The quantitative estimate of drug-likeness (QED) is 0.356. The zero-order valence-electron chi connectivity index (χ0n) is 15.1. The van der Waals surface area contributed by atoms with Crippen LogP contribution in [0.5, 0.6) is 0 Å². The number of hydrogen-bond donors (Lipinski definition) is 0. The van der Waals surface area contributed by atoms with Crippen LogP contribution in [0.2, 0.25) is 0 Å². The van der Waals surface area contributed by atoms with Crippen LogP contribution in [0, 0.1) is 16.3 Å². The lowest BCUT2D eigenvalue weighted by Gasteiger charge is -2.12. The lowest BCUT2D eigenvalue weighted by Crippen LogP contribution is -2.22. The van der Waals surface area contributed by atoms with Gasteiger partial charge in [-0.15, -0.1) is 0 Å². The summed E-state index contributed by atoms with van der Waals surface area (Å²) in [5.74, 6) is 0.235. The third-order valence-corrected chi connectivity index (χ3v) is 5.11. The van der Waals surface area contributed by atoms with E-state index in [2.05, 4.69) is 22.6 Å². The van der Waals surface area contributed by atoms with E-state index in [1.807, 2.05) is 55.5 Å². The van der Waals surface area contributed by atoms with E-state index in [4.69, 9.17) is 4.98 Å². The van der Waals surface area contributed by atoms with Gasteiger partial charge in [0.15, 0.2) is 0 Å². The van der Waals surface area contributed by atoms with E-state index in [1.165, 1.54) is 12.1 Å². The molecule has 0 saturated carbocycles. The standard InChI is InChI=1S/C23H16FIN2O/c1-15-2-10-19(11-3-15)27-22(13-6-16-4-7-17(24)8-5-16)26-21-12-9-18(25)14-20(21)23(27)28/h2-14H,1H3. The van der Waals surface area contributed by atoms with Crippen molar-refractivity contribution in [1.29, 1.82) is 0 Å². The highest BCUT2D eigenvalue weighted by atomic mass is 127. The summed E-state index contributed by atoms with van der Waals surface area (Å²) in [6.07, 6.45) is 3.61. The third kappa shape index (κ3) is 3.75. The Morgan fingerprint density at radius 3 is 2.39 bits per heavy atom. The van der Waals surface area contributed by atoms with Crippen LogP contribution in [0.4, 0.5) is 4.39 Å². The van der Waals surface area contributed by atoms with Crippen LogP contribution in [0.1, 0.15) is 17.0 Å². The first-order valence-electron chi connectivity index (χ1n) is 8.74. The van der Waals surface area contributed by atoms with Crippen molar-refractivity contribution in [2.75, 3.05) is 0 Å². The van der Waals surface area contributed by atoms with Crippen LogP contribution in [-0.4, -0.2) is 9.55 Å². The largest absolute Gasteiger partial charge is 0.268 e. The summed E-state index contributed by atoms with van der Waals surface area (Å²) >= 11 is 2.19. The molecule has 4 aromatic rings. The van der Waals surface area contributed by atoms with Crippen LogP contribution in [0.3, 0.4) is 0 Å². The van der Waals surface area contributed by atoms with Gasteiger partial charge in [-0.05, 0) is 83.6 Å². The van der Waals surface area contributed by atoms with Gasteiger partial charge in [-0.2, -0.15) is 0 Å². The first-order valence-corrected chi connectivity index (χ1v) is 9.82. The fourth-order valence-corrected chi connectivity index (χ4v) is 3.47. The lowest BCUT2D eigenvalue weighted by atomic mass is 10.2. The molecule has 0 atom stereocenters. The maximum atomic E-state index is 13.3. The van der Waals surface area contributed by atoms with Gasteiger partial charge in [-0.25, -0.2) is 9.37 Å². The molecule has 3 nitrogen and oxygen atoms in total. The summed E-state index contributed by atoms with van der Waals surface area (Å²) in [6.45, 7) is 2.00. The first-order chi connectivity index (χ1) is 13.5. The van der Waals surface area contributed by atoms with Gasteiger partial charge in [0.2, 0.25) is 0 Å². The van der Waals surface area contributed by atoms with Crippen molar-refractivity contribution in [3.05, 3.63) is 103 Å². The molecule has 0 saturated heterocycles. The molecule has 0 aliphatic carbocycles. The van der Waals surface area contributed by atoms with E-state index in [0.717, 1.165) is 20.4 Å². The maximum absolute atomic E-state index is 13.3. The predicted octanol–water partition coefficient (Wildman–Crippen LogP) is 5.61. The smallest absolute Gasteiger partial charge is 0.266 e. The number of aromatic nitrogens is 2. The number of nitrogens with zero attached hydrogens (tertiary/aromatic N) is 2. The molecule has 4 rings (SSSR count). The summed E-state index contributed by atoms with van der Waals surface area (Å²) < 4.78 is 15.7. The molecule has 5 heteroatoms. The summed E-state index contributed by atoms with van der Waals surface area (Å²) in [5, 5.41) is 0.575. The van der Waals surface area contributed by atoms with Crippen LogP contribution in [0.15, 0.2) is 71.5 Å². The number of aryl methyl sites for hydroxylation is 1. The molecule has 0 aliphatic heterocycles. The molecule has 138 valence electrons. The number of rotatable bonds is 3. The van der Waals surface area contributed by atoms with Gasteiger partial charge in [0.25, 0.3) is 5.56 Å². The van der Waals surface area contributed by atoms with Crippen molar-refractivity contribution in [1.82, 2.24) is 9.55 Å². The van der Waals surface area contributed by atoms with Crippen LogP contribution in [-0.2, 0) is 0 Å². The van der Waals surface area contributed by atoms with Crippen molar-refractivity contribution >= 4 is 45.6 Å². The summed E-state index contributed by atoms with van der Waals surface area (Å²) in [5.41, 5.74) is 3.22. The fraction of sp³-hybridized carbons (Fsp3) is 0.0435. The second-order valence-corrected chi connectivity index (χ2v) is 7.74. The lowest BCUT2D eigenvalue weighted by molar-refractivity contribution is 0.628. The minimum atomic E-state index is -0.285. The van der Waals surface area contributed by atoms with Crippen molar-refractivity contribution in [3.8, 4) is 5.69 Å². The molecular weight excluding hydrogens is 466 g/mol. The summed E-state index contributed by atoms with van der Waals surface area (Å²) in [7, 11) is 0. The van der Waals surface area contributed by atoms with Crippen LogP contribution >= 0.6 is 22.6 Å². The van der Waals surface area contributed by atoms with Crippen molar-refractivity contribution in [3.63, 3.8) is 0 Å². The Hall–Kier alpha value is -2.80. The second kappa shape index (κ2) is 7.67. The van der Waals surface area contributed by atoms with Crippen LogP contribution < -0.4 is 5.56 Å². The Bertz CT molecular complexity index is 1240. The van der Waals surface area contributed by atoms with Gasteiger partial charge in [-0.1, -0.05) is 35.9 Å². The third-order valence-electron chi connectivity index (χ3n) is 4.44. The molecule has 0 fully saturated rings. The van der Waals surface area contributed by atoms with Crippen molar-refractivity contribution in [2.24, 2.45) is 0 Å². The SMILES string of the molecule is Cc1ccc(-n2c(C=Cc3ccc(F)cc3)nc3ccc(I)cc3c2=O)cc1. The predicted molar refractivity (Wildman–Crippen MR) is 120 cm³/mol. The molecule has 0 radical (unpaired) electrons. The molecule has 0 spiro atoms. The molecule has 28 heavy (non-hydrogen) atoms. The molecule has 0 bridgehead atoms. The van der Waals surface area contributed by atoms with E-state index in [9.17, 15) is 9.18 Å². The highest BCUT2D eigenvalue weighted by molar-refractivity contribution is 14.1. The van der Waals surface area contributed by atoms with Gasteiger partial charge in [0, 0.05) is 3.57 Å². The molecule has 1 aromatic heterocycles. The van der Waals surface area contributed by atoms with Crippen LogP contribution in [0.25, 0.3) is 28.7 Å².